The van der Waals surface area contributed by atoms with Crippen molar-refractivity contribution in [1.29, 1.82) is 0 Å². The number of ether oxygens (including phenoxy) is 1. The highest BCUT2D eigenvalue weighted by Gasteiger charge is 2.21. The summed E-state index contributed by atoms with van der Waals surface area (Å²) in [4.78, 5) is 43.7. The molecular formula is C20H22O7. The van der Waals surface area contributed by atoms with Gasteiger partial charge in [-0.05, 0) is 44.0 Å². The van der Waals surface area contributed by atoms with Gasteiger partial charge in [-0.2, -0.15) is 0 Å². The van der Waals surface area contributed by atoms with Crippen molar-refractivity contribution in [3.63, 3.8) is 0 Å². The third-order valence-electron chi connectivity index (χ3n) is 3.65. The van der Waals surface area contributed by atoms with E-state index < -0.39 is 18.2 Å². The Morgan fingerprint density at radius 3 is 1.67 bits per heavy atom. The number of aryl methyl sites for hydroxylation is 2. The van der Waals surface area contributed by atoms with E-state index in [9.17, 15) is 9.59 Å². The lowest BCUT2D eigenvalue weighted by Gasteiger charge is -2.15. The first-order valence-corrected chi connectivity index (χ1v) is 8.47. The van der Waals surface area contributed by atoms with E-state index in [2.05, 4.69) is 0 Å². The van der Waals surface area contributed by atoms with Gasteiger partial charge in [0.05, 0.1) is 11.1 Å². The van der Waals surface area contributed by atoms with Crippen molar-refractivity contribution in [2.24, 2.45) is 0 Å². The van der Waals surface area contributed by atoms with Crippen molar-refractivity contribution in [2.45, 2.75) is 27.1 Å². The summed E-state index contributed by atoms with van der Waals surface area (Å²) in [7, 11) is 0. The summed E-state index contributed by atoms with van der Waals surface area (Å²) in [6.07, 6.45) is -1.23. The number of hydrogen-bond acceptors (Lipinski definition) is 7. The van der Waals surface area contributed by atoms with Crippen molar-refractivity contribution in [3.8, 4) is 0 Å². The first-order chi connectivity index (χ1) is 13.0. The highest BCUT2D eigenvalue weighted by Crippen LogP contribution is 2.12. The molecule has 0 radical (unpaired) electrons. The van der Waals surface area contributed by atoms with E-state index in [-0.39, 0.29) is 6.61 Å². The molecule has 2 rings (SSSR count). The molecule has 0 saturated carbocycles. The number of carbonyl (C=O) groups is 2. The normalized spacial score (nSPS) is 10.7. The second kappa shape index (κ2) is 10.4. The molecular weight excluding hydrogens is 352 g/mol. The van der Waals surface area contributed by atoms with Gasteiger partial charge < -0.3 is 4.74 Å². The van der Waals surface area contributed by atoms with Crippen LogP contribution >= 0.6 is 0 Å². The maximum atomic E-state index is 12.1. The zero-order valence-electron chi connectivity index (χ0n) is 15.5. The van der Waals surface area contributed by atoms with E-state index in [1.165, 1.54) is 0 Å². The topological polar surface area (TPSA) is 80.3 Å². The molecule has 0 atom stereocenters. The minimum atomic E-state index is -1.23. The summed E-state index contributed by atoms with van der Waals surface area (Å²) >= 11 is 0. The van der Waals surface area contributed by atoms with E-state index in [0.717, 1.165) is 11.1 Å². The van der Waals surface area contributed by atoms with Crippen LogP contribution in [0.3, 0.4) is 0 Å². The quantitative estimate of drug-likeness (QED) is 0.377. The molecule has 0 amide bonds. The molecule has 144 valence electrons. The second-order valence-electron chi connectivity index (χ2n) is 5.65. The van der Waals surface area contributed by atoms with Crippen molar-refractivity contribution >= 4 is 11.9 Å². The van der Waals surface area contributed by atoms with Crippen LogP contribution < -0.4 is 0 Å². The first-order valence-electron chi connectivity index (χ1n) is 8.47. The highest BCUT2D eigenvalue weighted by atomic mass is 17.3. The lowest BCUT2D eigenvalue weighted by molar-refractivity contribution is -0.426. The van der Waals surface area contributed by atoms with Gasteiger partial charge in [0.2, 0.25) is 0 Å². The summed E-state index contributed by atoms with van der Waals surface area (Å²) in [6.45, 7) is 5.60. The molecule has 0 N–H and O–H groups in total. The Labute approximate surface area is 157 Å². The van der Waals surface area contributed by atoms with Crippen LogP contribution in [0, 0.1) is 13.8 Å². The maximum absolute atomic E-state index is 12.1. The maximum Gasteiger partial charge on any atom is 0.373 e. The average molecular weight is 374 g/mol. The zero-order chi connectivity index (χ0) is 19.6. The molecule has 2 aromatic rings. The van der Waals surface area contributed by atoms with E-state index in [1.807, 2.05) is 0 Å². The molecule has 0 heterocycles. The molecule has 2 aromatic carbocycles. The van der Waals surface area contributed by atoms with Crippen LogP contribution in [-0.4, -0.2) is 31.4 Å². The van der Waals surface area contributed by atoms with Crippen LogP contribution in [0.4, 0.5) is 0 Å². The lowest BCUT2D eigenvalue weighted by atomic mass is 10.1. The molecule has 0 aromatic heterocycles. The molecule has 7 nitrogen and oxygen atoms in total. The van der Waals surface area contributed by atoms with Crippen LogP contribution in [0.25, 0.3) is 0 Å². The van der Waals surface area contributed by atoms with Crippen LogP contribution in [0.2, 0.25) is 0 Å². The van der Waals surface area contributed by atoms with Crippen LogP contribution in [0.5, 0.6) is 0 Å². The molecule has 0 aliphatic carbocycles. The van der Waals surface area contributed by atoms with Crippen molar-refractivity contribution in [2.75, 3.05) is 13.2 Å². The lowest BCUT2D eigenvalue weighted by Crippen LogP contribution is -2.27. The van der Waals surface area contributed by atoms with Gasteiger partial charge in [0, 0.05) is 6.61 Å². The van der Waals surface area contributed by atoms with Crippen molar-refractivity contribution < 1.29 is 33.9 Å². The third kappa shape index (κ3) is 6.18. The minimum absolute atomic E-state index is 0.0986. The van der Waals surface area contributed by atoms with Crippen LogP contribution in [-0.2, 0) is 24.3 Å². The SMILES string of the molecule is CCOCC(OOC(=O)c1ccccc1C)OOC(=O)c1ccccc1C. The molecule has 0 saturated heterocycles. The molecule has 0 spiro atoms. The zero-order valence-corrected chi connectivity index (χ0v) is 15.5. The Kier molecular flexibility index (Phi) is 7.94. The van der Waals surface area contributed by atoms with Gasteiger partial charge in [-0.15, -0.1) is 9.78 Å². The summed E-state index contributed by atoms with van der Waals surface area (Å²) in [5.41, 5.74) is 2.17. The van der Waals surface area contributed by atoms with Gasteiger partial charge in [-0.3, -0.25) is 9.78 Å². The van der Waals surface area contributed by atoms with Gasteiger partial charge in [0.15, 0.2) is 0 Å². The third-order valence-corrected chi connectivity index (χ3v) is 3.65. The standard InChI is InChI=1S/C20H22O7/c1-4-23-13-18(24-26-19(21)16-11-7-5-9-14(16)2)25-27-20(22)17-12-8-6-10-15(17)3/h5-12,18H,4,13H2,1-3H3. The highest BCUT2D eigenvalue weighted by molar-refractivity contribution is 5.91. The molecule has 0 aliphatic rings. The number of carbonyl (C=O) groups excluding carboxylic acids is 2. The molecule has 27 heavy (non-hydrogen) atoms. The summed E-state index contributed by atoms with van der Waals surface area (Å²) in [5.74, 6) is -1.38. The summed E-state index contributed by atoms with van der Waals surface area (Å²) in [6, 6.07) is 13.8. The van der Waals surface area contributed by atoms with Gasteiger partial charge in [0.1, 0.15) is 6.61 Å². The first kappa shape index (κ1) is 20.6. The number of rotatable bonds is 9. The van der Waals surface area contributed by atoms with Crippen LogP contribution in [0.1, 0.15) is 38.8 Å². The number of hydrogen-bond donors (Lipinski definition) is 0. The Morgan fingerprint density at radius 1 is 0.815 bits per heavy atom. The molecule has 0 unspecified atom stereocenters. The van der Waals surface area contributed by atoms with E-state index >= 15 is 0 Å². The Morgan fingerprint density at radius 2 is 1.26 bits per heavy atom. The van der Waals surface area contributed by atoms with Crippen molar-refractivity contribution in [3.05, 3.63) is 70.8 Å². The minimum Gasteiger partial charge on any atom is -0.376 e. The molecule has 7 heteroatoms. The van der Waals surface area contributed by atoms with Crippen LogP contribution in [0.15, 0.2) is 48.5 Å². The summed E-state index contributed by atoms with van der Waals surface area (Å²) < 4.78 is 5.19. The fourth-order valence-electron chi connectivity index (χ4n) is 2.17. The molecule has 0 bridgehead atoms. The summed E-state index contributed by atoms with van der Waals surface area (Å²) in [5, 5.41) is 0. The van der Waals surface area contributed by atoms with Gasteiger partial charge in [-0.25, -0.2) is 9.59 Å². The van der Waals surface area contributed by atoms with Gasteiger partial charge in [-0.1, -0.05) is 36.4 Å². The predicted molar refractivity (Wildman–Crippen MR) is 95.6 cm³/mol. The smallest absolute Gasteiger partial charge is 0.373 e. The Bertz CT molecular complexity index is 711. The second-order valence-corrected chi connectivity index (χ2v) is 5.65. The average Bonchev–Trinajstić information content (AvgIpc) is 2.67. The molecule has 0 aliphatic heterocycles. The van der Waals surface area contributed by atoms with Gasteiger partial charge >= 0.3 is 11.9 Å². The monoisotopic (exact) mass is 374 g/mol. The fraction of sp³-hybridized carbons (Fsp3) is 0.300. The Hall–Kier alpha value is -2.74. The van der Waals surface area contributed by atoms with Crippen molar-refractivity contribution in [1.82, 2.24) is 0 Å². The Balaban J connectivity index is 1.92. The van der Waals surface area contributed by atoms with E-state index in [0.29, 0.717) is 17.7 Å². The number of benzene rings is 2. The predicted octanol–water partition coefficient (Wildman–Crippen LogP) is 3.54. The fourth-order valence-corrected chi connectivity index (χ4v) is 2.17. The van der Waals surface area contributed by atoms with Gasteiger partial charge in [0.25, 0.3) is 6.29 Å². The van der Waals surface area contributed by atoms with E-state index in [1.54, 1.807) is 69.3 Å². The van der Waals surface area contributed by atoms with E-state index in [4.69, 9.17) is 24.3 Å². The molecule has 0 fully saturated rings. The largest absolute Gasteiger partial charge is 0.376 e.